The van der Waals surface area contributed by atoms with Crippen molar-refractivity contribution in [2.24, 2.45) is 0 Å². The molecule has 0 spiro atoms. The standard InChI is InChI=1S/C7H8O.C2H2.2ClH.Zn/c1-8-7-5-3-2-4-6-7;1-2;;;/h2-6H,1H3;1-2H;2*1H;/q;;;;+2/p-2. The molecule has 0 bridgehead atoms. The molecule has 13 heavy (non-hydrogen) atoms. The molecule has 1 nitrogen and oxygen atoms in total. The molecule has 0 saturated carbocycles. The number of methoxy groups -OCH3 is 1. The van der Waals surface area contributed by atoms with Crippen molar-refractivity contribution >= 4 is 0 Å². The van der Waals surface area contributed by atoms with Crippen molar-refractivity contribution in [2.45, 2.75) is 0 Å². The summed E-state index contributed by atoms with van der Waals surface area (Å²) in [6.07, 6.45) is 8.00. The van der Waals surface area contributed by atoms with Gasteiger partial charge in [0.1, 0.15) is 5.75 Å². The fraction of sp³-hybridized carbons (Fsp3) is 0.111. The van der Waals surface area contributed by atoms with Gasteiger partial charge in [0, 0.05) is 0 Å². The number of para-hydroxylation sites is 1. The second kappa shape index (κ2) is 17.8. The van der Waals surface area contributed by atoms with Gasteiger partial charge >= 0.3 is 19.5 Å². The van der Waals surface area contributed by atoms with E-state index in [1.54, 1.807) is 7.11 Å². The van der Waals surface area contributed by atoms with Crippen LogP contribution in [0.5, 0.6) is 5.75 Å². The van der Waals surface area contributed by atoms with Gasteiger partial charge in [0.15, 0.2) is 0 Å². The first kappa shape index (κ1) is 23.0. The summed E-state index contributed by atoms with van der Waals surface area (Å²) in [5.74, 6) is 0.910. The number of hydrogen-bond acceptors (Lipinski definition) is 1. The Balaban J connectivity index is -0.0000000761. The van der Waals surface area contributed by atoms with Crippen LogP contribution in [0.4, 0.5) is 0 Å². The van der Waals surface area contributed by atoms with E-state index in [0.29, 0.717) is 0 Å². The molecule has 0 aliphatic carbocycles. The first-order valence-corrected chi connectivity index (χ1v) is 2.86. The van der Waals surface area contributed by atoms with Gasteiger partial charge in [-0.2, -0.15) is 0 Å². The molecule has 1 aromatic rings. The van der Waals surface area contributed by atoms with Crippen LogP contribution in [0.25, 0.3) is 0 Å². The van der Waals surface area contributed by atoms with Gasteiger partial charge in [0.25, 0.3) is 0 Å². The van der Waals surface area contributed by atoms with Crippen LogP contribution in [0.15, 0.2) is 30.3 Å². The van der Waals surface area contributed by atoms with E-state index in [0.717, 1.165) is 5.75 Å². The Labute approximate surface area is 105 Å². The maximum Gasteiger partial charge on any atom is 2.00 e. The molecule has 0 radical (unpaired) electrons. The predicted molar refractivity (Wildman–Crippen MR) is 42.9 cm³/mol. The molecule has 0 aromatic heterocycles. The molecular weight excluding hydrogens is 260 g/mol. The van der Waals surface area contributed by atoms with Gasteiger partial charge in [-0.3, -0.25) is 0 Å². The van der Waals surface area contributed by atoms with Crippen molar-refractivity contribution in [2.75, 3.05) is 7.11 Å². The van der Waals surface area contributed by atoms with Crippen LogP contribution >= 0.6 is 0 Å². The second-order valence-electron chi connectivity index (χ2n) is 1.52. The summed E-state index contributed by atoms with van der Waals surface area (Å²) in [5, 5.41) is 0. The Morgan fingerprint density at radius 3 is 1.62 bits per heavy atom. The minimum absolute atomic E-state index is 0. The molecule has 1 rings (SSSR count). The summed E-state index contributed by atoms with van der Waals surface area (Å²) in [6.45, 7) is 0. The van der Waals surface area contributed by atoms with Crippen molar-refractivity contribution in [1.82, 2.24) is 0 Å². The van der Waals surface area contributed by atoms with Gasteiger partial charge in [-0.1, -0.05) is 18.2 Å². The molecule has 0 N–H and O–H groups in total. The Hall–Kier alpha value is -0.217. The van der Waals surface area contributed by atoms with Crippen molar-refractivity contribution < 1.29 is 49.0 Å². The number of ether oxygens (including phenoxy) is 1. The largest absolute Gasteiger partial charge is 2.00 e. The maximum atomic E-state index is 4.91. The van der Waals surface area contributed by atoms with E-state index in [-0.39, 0.29) is 44.3 Å². The molecular formula is C9H10Cl2OZn. The van der Waals surface area contributed by atoms with Crippen LogP contribution in [0.2, 0.25) is 0 Å². The Bertz CT molecular complexity index is 189. The molecule has 68 valence electrons. The molecule has 0 atom stereocenters. The van der Waals surface area contributed by atoms with Crippen LogP contribution in [0.1, 0.15) is 0 Å². The van der Waals surface area contributed by atoms with E-state index in [9.17, 15) is 0 Å². The van der Waals surface area contributed by atoms with Crippen LogP contribution in [0, 0.1) is 12.8 Å². The van der Waals surface area contributed by atoms with E-state index in [1.165, 1.54) is 0 Å². The van der Waals surface area contributed by atoms with Crippen molar-refractivity contribution in [3.8, 4) is 18.6 Å². The van der Waals surface area contributed by atoms with Crippen LogP contribution in [-0.4, -0.2) is 7.11 Å². The third-order valence-electron chi connectivity index (χ3n) is 0.979. The van der Waals surface area contributed by atoms with Gasteiger partial charge in [-0.15, -0.1) is 12.8 Å². The van der Waals surface area contributed by atoms with E-state index in [4.69, 9.17) is 4.74 Å². The fourth-order valence-corrected chi connectivity index (χ4v) is 0.557. The molecule has 0 saturated heterocycles. The summed E-state index contributed by atoms with van der Waals surface area (Å²) < 4.78 is 4.91. The monoisotopic (exact) mass is 268 g/mol. The summed E-state index contributed by atoms with van der Waals surface area (Å²) in [5.41, 5.74) is 0. The number of benzene rings is 1. The van der Waals surface area contributed by atoms with Crippen LogP contribution in [-0.2, 0) is 19.5 Å². The van der Waals surface area contributed by atoms with E-state index in [2.05, 4.69) is 12.8 Å². The van der Waals surface area contributed by atoms with E-state index in [1.807, 2.05) is 30.3 Å². The SMILES string of the molecule is C#C.COc1ccccc1.[Cl-].[Cl-].[Zn+2]. The molecule has 0 aliphatic heterocycles. The maximum absolute atomic E-state index is 4.91. The molecule has 1 aromatic carbocycles. The average Bonchev–Trinajstić information content (AvgIpc) is 2.10. The number of hydrogen-bond donors (Lipinski definition) is 0. The minimum Gasteiger partial charge on any atom is -1.00 e. The van der Waals surface area contributed by atoms with Crippen LogP contribution < -0.4 is 29.6 Å². The zero-order valence-electron chi connectivity index (χ0n) is 7.41. The average molecular weight is 270 g/mol. The Morgan fingerprint density at radius 2 is 1.38 bits per heavy atom. The first-order chi connectivity index (χ1) is 4.93. The number of halogens is 2. The molecule has 4 heteroatoms. The van der Waals surface area contributed by atoms with E-state index < -0.39 is 0 Å². The molecule has 0 aliphatic rings. The Morgan fingerprint density at radius 1 is 1.00 bits per heavy atom. The zero-order chi connectivity index (χ0) is 7.82. The molecule has 0 amide bonds. The smallest absolute Gasteiger partial charge is 1.00 e. The molecule has 0 unspecified atom stereocenters. The zero-order valence-corrected chi connectivity index (χ0v) is 11.9. The third-order valence-corrected chi connectivity index (χ3v) is 0.979. The van der Waals surface area contributed by atoms with Crippen LogP contribution in [0.3, 0.4) is 0 Å². The summed E-state index contributed by atoms with van der Waals surface area (Å²) in [4.78, 5) is 0. The fourth-order valence-electron chi connectivity index (χ4n) is 0.557. The quantitative estimate of drug-likeness (QED) is 0.373. The molecule has 0 fully saturated rings. The second-order valence-corrected chi connectivity index (χ2v) is 1.52. The summed E-state index contributed by atoms with van der Waals surface area (Å²) in [6, 6.07) is 9.68. The number of rotatable bonds is 1. The predicted octanol–water partition coefficient (Wildman–Crippen LogP) is -4.05. The van der Waals surface area contributed by atoms with Gasteiger partial charge in [-0.25, -0.2) is 0 Å². The van der Waals surface area contributed by atoms with Crippen molar-refractivity contribution in [3.63, 3.8) is 0 Å². The van der Waals surface area contributed by atoms with Gasteiger partial charge in [0.05, 0.1) is 7.11 Å². The normalized spacial score (nSPS) is 5.46. The van der Waals surface area contributed by atoms with Gasteiger partial charge in [0.2, 0.25) is 0 Å². The molecule has 0 heterocycles. The van der Waals surface area contributed by atoms with Gasteiger partial charge in [-0.05, 0) is 12.1 Å². The first-order valence-electron chi connectivity index (χ1n) is 2.86. The van der Waals surface area contributed by atoms with Crippen molar-refractivity contribution in [1.29, 1.82) is 0 Å². The van der Waals surface area contributed by atoms with Gasteiger partial charge < -0.3 is 29.6 Å². The summed E-state index contributed by atoms with van der Waals surface area (Å²) >= 11 is 0. The third kappa shape index (κ3) is 11.8. The Kier molecular flexibility index (Phi) is 31.4. The number of terminal acetylenes is 1. The topological polar surface area (TPSA) is 9.23 Å². The van der Waals surface area contributed by atoms with Crippen molar-refractivity contribution in [3.05, 3.63) is 30.3 Å². The summed E-state index contributed by atoms with van der Waals surface area (Å²) in [7, 11) is 1.66. The van der Waals surface area contributed by atoms with E-state index >= 15 is 0 Å². The minimum atomic E-state index is 0.